The summed E-state index contributed by atoms with van der Waals surface area (Å²) in [5.74, 6) is 0.150. The third-order valence-electron chi connectivity index (χ3n) is 3.70. The van der Waals surface area contributed by atoms with Gasteiger partial charge in [0.25, 0.3) is 0 Å². The van der Waals surface area contributed by atoms with Crippen molar-refractivity contribution in [3.8, 4) is 5.75 Å². The van der Waals surface area contributed by atoms with E-state index in [1.54, 1.807) is 0 Å². The Labute approximate surface area is 134 Å². The molecule has 2 rings (SSSR count). The lowest BCUT2D eigenvalue weighted by molar-refractivity contribution is -0.288. The summed E-state index contributed by atoms with van der Waals surface area (Å²) < 4.78 is 91.0. The minimum absolute atomic E-state index is 0.0883. The molecule has 1 aromatic carbocycles. The molecule has 1 aliphatic heterocycles. The van der Waals surface area contributed by atoms with Crippen molar-refractivity contribution in [2.45, 2.75) is 23.9 Å². The van der Waals surface area contributed by atoms with Gasteiger partial charge in [-0.25, -0.2) is 0 Å². The van der Waals surface area contributed by atoms with Crippen molar-refractivity contribution in [3.05, 3.63) is 54.6 Å². The summed E-state index contributed by atoms with van der Waals surface area (Å²) in [6, 6.07) is 3.58. The smallest absolute Gasteiger partial charge is 0.411 e. The van der Waals surface area contributed by atoms with E-state index < -0.39 is 28.9 Å². The van der Waals surface area contributed by atoms with E-state index >= 15 is 0 Å². The Kier molecular flexibility index (Phi) is 4.72. The molecule has 0 amide bonds. The van der Waals surface area contributed by atoms with Gasteiger partial charge in [-0.1, -0.05) is 31.4 Å². The molecule has 1 unspecified atom stereocenters. The largest absolute Gasteiger partial charge is 0.491 e. The maximum absolute atomic E-state index is 13.5. The van der Waals surface area contributed by atoms with Crippen LogP contribution in [0.3, 0.4) is 0 Å². The molecular formula is C16H14F6O2. The van der Waals surface area contributed by atoms with Gasteiger partial charge in [-0.3, -0.25) is 0 Å². The first-order valence-corrected chi connectivity index (χ1v) is 6.84. The topological polar surface area (TPSA) is 21.8 Å². The van der Waals surface area contributed by atoms with Crippen LogP contribution in [-0.4, -0.2) is 31.7 Å². The summed E-state index contributed by atoms with van der Waals surface area (Å²) in [7, 11) is 0. The minimum Gasteiger partial charge on any atom is -0.491 e. The lowest BCUT2D eigenvalue weighted by Crippen LogP contribution is -2.54. The Balaban J connectivity index is 2.46. The van der Waals surface area contributed by atoms with Gasteiger partial charge in [-0.2, -0.15) is 26.3 Å². The fourth-order valence-electron chi connectivity index (χ4n) is 2.35. The second-order valence-electron chi connectivity index (χ2n) is 5.27. The van der Waals surface area contributed by atoms with Crippen molar-refractivity contribution >= 4 is 0 Å². The van der Waals surface area contributed by atoms with Crippen LogP contribution in [0.15, 0.2) is 49.1 Å². The molecule has 0 aromatic heterocycles. The highest BCUT2D eigenvalue weighted by Gasteiger charge is 2.72. The van der Waals surface area contributed by atoms with Gasteiger partial charge in [0.15, 0.2) is 0 Å². The SMILES string of the molecule is C=CC(=C)C(c1ccc(OCC2CO2)cc1)(C(F)(F)F)C(F)(F)F. The first-order chi connectivity index (χ1) is 11.0. The molecular weight excluding hydrogens is 338 g/mol. The van der Waals surface area contributed by atoms with E-state index in [1.807, 2.05) is 0 Å². The number of benzene rings is 1. The van der Waals surface area contributed by atoms with E-state index in [9.17, 15) is 26.3 Å². The second-order valence-corrected chi connectivity index (χ2v) is 5.27. The highest BCUT2D eigenvalue weighted by molar-refractivity contribution is 5.46. The molecule has 0 radical (unpaired) electrons. The van der Waals surface area contributed by atoms with Crippen molar-refractivity contribution < 1.29 is 35.8 Å². The molecule has 0 aliphatic carbocycles. The summed E-state index contributed by atoms with van der Waals surface area (Å²) in [6.45, 7) is 6.65. The van der Waals surface area contributed by atoms with Crippen LogP contribution < -0.4 is 4.74 Å². The number of hydrogen-bond donors (Lipinski definition) is 0. The highest BCUT2D eigenvalue weighted by atomic mass is 19.4. The van der Waals surface area contributed by atoms with Crippen LogP contribution in [0.2, 0.25) is 0 Å². The monoisotopic (exact) mass is 352 g/mol. The van der Waals surface area contributed by atoms with E-state index in [2.05, 4.69) is 13.2 Å². The Morgan fingerprint density at radius 1 is 1.12 bits per heavy atom. The molecule has 1 saturated heterocycles. The number of rotatable bonds is 6. The molecule has 24 heavy (non-hydrogen) atoms. The zero-order valence-electron chi connectivity index (χ0n) is 12.4. The number of ether oxygens (including phenoxy) is 2. The van der Waals surface area contributed by atoms with Crippen LogP contribution in [0.1, 0.15) is 5.56 Å². The van der Waals surface area contributed by atoms with Crippen molar-refractivity contribution in [1.82, 2.24) is 0 Å². The number of epoxide rings is 1. The van der Waals surface area contributed by atoms with Crippen molar-refractivity contribution in [2.24, 2.45) is 0 Å². The molecule has 1 atom stereocenters. The highest BCUT2D eigenvalue weighted by Crippen LogP contribution is 2.56. The van der Waals surface area contributed by atoms with Gasteiger partial charge in [0.1, 0.15) is 18.5 Å². The lowest BCUT2D eigenvalue weighted by atomic mass is 9.73. The average Bonchev–Trinajstić information content (AvgIpc) is 3.28. The minimum atomic E-state index is -5.64. The van der Waals surface area contributed by atoms with E-state index in [0.717, 1.165) is 24.3 Å². The summed E-state index contributed by atoms with van der Waals surface area (Å²) in [5, 5.41) is 0. The maximum Gasteiger partial charge on any atom is 0.411 e. The van der Waals surface area contributed by atoms with Crippen LogP contribution in [0.4, 0.5) is 26.3 Å². The first kappa shape index (κ1) is 18.4. The molecule has 1 aromatic rings. The van der Waals surface area contributed by atoms with Gasteiger partial charge < -0.3 is 9.47 Å². The third-order valence-corrected chi connectivity index (χ3v) is 3.70. The van der Waals surface area contributed by atoms with Crippen molar-refractivity contribution in [2.75, 3.05) is 13.2 Å². The molecule has 8 heteroatoms. The van der Waals surface area contributed by atoms with E-state index in [-0.39, 0.29) is 18.5 Å². The number of alkyl halides is 6. The second kappa shape index (κ2) is 6.16. The fraction of sp³-hybridized carbons (Fsp3) is 0.375. The van der Waals surface area contributed by atoms with Crippen LogP contribution in [-0.2, 0) is 10.2 Å². The number of halogens is 6. The van der Waals surface area contributed by atoms with Gasteiger partial charge in [0, 0.05) is 0 Å². The predicted octanol–water partition coefficient (Wildman–Crippen LogP) is 4.57. The molecule has 1 heterocycles. The third kappa shape index (κ3) is 3.15. The Morgan fingerprint density at radius 2 is 1.62 bits per heavy atom. The van der Waals surface area contributed by atoms with E-state index in [1.165, 1.54) is 0 Å². The molecule has 132 valence electrons. The van der Waals surface area contributed by atoms with Crippen LogP contribution >= 0.6 is 0 Å². The molecule has 2 nitrogen and oxygen atoms in total. The van der Waals surface area contributed by atoms with Crippen molar-refractivity contribution in [1.29, 1.82) is 0 Å². The van der Waals surface area contributed by atoms with Gasteiger partial charge in [-0.15, -0.1) is 0 Å². The van der Waals surface area contributed by atoms with Crippen molar-refractivity contribution in [3.63, 3.8) is 0 Å². The van der Waals surface area contributed by atoms with Gasteiger partial charge in [0.2, 0.25) is 5.41 Å². The quantitative estimate of drug-likeness (QED) is 0.425. The van der Waals surface area contributed by atoms with Gasteiger partial charge >= 0.3 is 12.4 Å². The zero-order chi connectivity index (χ0) is 18.2. The molecule has 0 bridgehead atoms. The Morgan fingerprint density at radius 3 is 2.00 bits per heavy atom. The summed E-state index contributed by atoms with van der Waals surface area (Å²) in [5.41, 5.74) is -6.41. The summed E-state index contributed by atoms with van der Waals surface area (Å²) in [4.78, 5) is 0. The van der Waals surface area contributed by atoms with Crippen LogP contribution in [0.5, 0.6) is 5.75 Å². The first-order valence-electron chi connectivity index (χ1n) is 6.84. The lowest BCUT2D eigenvalue weighted by Gasteiger charge is -2.38. The van der Waals surface area contributed by atoms with Gasteiger partial charge in [0.05, 0.1) is 6.61 Å². The van der Waals surface area contributed by atoms with E-state index in [0.29, 0.717) is 12.7 Å². The fourth-order valence-corrected chi connectivity index (χ4v) is 2.35. The molecule has 1 fully saturated rings. The maximum atomic E-state index is 13.5. The van der Waals surface area contributed by atoms with Crippen LogP contribution in [0, 0.1) is 0 Å². The normalized spacial score (nSPS) is 18.2. The summed E-state index contributed by atoms with van der Waals surface area (Å²) in [6.07, 6.45) is -10.9. The molecule has 0 N–H and O–H groups in total. The number of hydrogen-bond acceptors (Lipinski definition) is 2. The van der Waals surface area contributed by atoms with Crippen LogP contribution in [0.25, 0.3) is 0 Å². The molecule has 0 spiro atoms. The average molecular weight is 352 g/mol. The number of allylic oxidation sites excluding steroid dienone is 2. The Bertz CT molecular complexity index is 597. The zero-order valence-corrected chi connectivity index (χ0v) is 12.4. The van der Waals surface area contributed by atoms with Gasteiger partial charge in [-0.05, 0) is 23.3 Å². The summed E-state index contributed by atoms with van der Waals surface area (Å²) >= 11 is 0. The van der Waals surface area contributed by atoms with E-state index in [4.69, 9.17) is 9.47 Å². The molecule has 0 saturated carbocycles. The standard InChI is InChI=1S/C16H14F6O2/c1-3-10(2)14(15(17,18)19,16(20,21)22)11-4-6-12(7-5-11)23-8-13-9-24-13/h3-7,13H,1-2,8-9H2. The Hall–Kier alpha value is -1.96. The molecule has 1 aliphatic rings. The predicted molar refractivity (Wildman–Crippen MR) is 74.8 cm³/mol.